The second kappa shape index (κ2) is 9.35. The molecule has 0 saturated heterocycles. The molecule has 2 atom stereocenters. The van der Waals surface area contributed by atoms with Crippen LogP contribution in [0.4, 0.5) is 8.78 Å². The van der Waals surface area contributed by atoms with Gasteiger partial charge in [-0.25, -0.2) is 8.78 Å². The molecule has 0 saturated carbocycles. The van der Waals surface area contributed by atoms with Crippen molar-refractivity contribution < 1.29 is 8.78 Å². The standard InChI is InChI=1S/C16H25F2NS/c1-4-8-19-14(11-20-12(3)5-2)9-13-6-7-15(17)16(18)10-13/h6-7,10,12,14,19H,4-5,8-9,11H2,1-3H3. The summed E-state index contributed by atoms with van der Waals surface area (Å²) < 4.78 is 26.2. The highest BCUT2D eigenvalue weighted by molar-refractivity contribution is 7.99. The highest BCUT2D eigenvalue weighted by atomic mass is 32.2. The van der Waals surface area contributed by atoms with Gasteiger partial charge in [0.2, 0.25) is 0 Å². The number of rotatable bonds is 9. The first-order valence-electron chi connectivity index (χ1n) is 7.35. The molecule has 1 nitrogen and oxygen atoms in total. The van der Waals surface area contributed by atoms with E-state index in [4.69, 9.17) is 0 Å². The third-order valence-corrected chi connectivity index (χ3v) is 4.80. The fraction of sp³-hybridized carbons (Fsp3) is 0.625. The van der Waals surface area contributed by atoms with Gasteiger partial charge in [0.25, 0.3) is 0 Å². The zero-order chi connectivity index (χ0) is 15.0. The molecule has 0 aliphatic carbocycles. The summed E-state index contributed by atoms with van der Waals surface area (Å²) in [7, 11) is 0. The van der Waals surface area contributed by atoms with Gasteiger partial charge in [0.05, 0.1) is 0 Å². The van der Waals surface area contributed by atoms with Crippen LogP contribution in [0, 0.1) is 11.6 Å². The molecule has 0 aliphatic rings. The molecule has 114 valence electrons. The minimum absolute atomic E-state index is 0.304. The Balaban J connectivity index is 2.60. The first kappa shape index (κ1) is 17.4. The molecule has 1 aromatic carbocycles. The number of halogens is 2. The lowest BCUT2D eigenvalue weighted by molar-refractivity contribution is 0.503. The lowest BCUT2D eigenvalue weighted by atomic mass is 10.1. The van der Waals surface area contributed by atoms with Crippen molar-refractivity contribution in [3.8, 4) is 0 Å². The van der Waals surface area contributed by atoms with Gasteiger partial charge >= 0.3 is 0 Å². The van der Waals surface area contributed by atoms with E-state index in [9.17, 15) is 8.78 Å². The van der Waals surface area contributed by atoms with Crippen LogP contribution in [0.15, 0.2) is 18.2 Å². The summed E-state index contributed by atoms with van der Waals surface area (Å²) in [5, 5.41) is 4.12. The minimum Gasteiger partial charge on any atom is -0.313 e. The molecule has 20 heavy (non-hydrogen) atoms. The molecule has 4 heteroatoms. The molecular formula is C16H25F2NS. The smallest absolute Gasteiger partial charge is 0.159 e. The van der Waals surface area contributed by atoms with Crippen molar-refractivity contribution in [3.63, 3.8) is 0 Å². The van der Waals surface area contributed by atoms with Gasteiger partial charge in [0.15, 0.2) is 11.6 Å². The van der Waals surface area contributed by atoms with Crippen LogP contribution >= 0.6 is 11.8 Å². The Morgan fingerprint density at radius 1 is 1.20 bits per heavy atom. The Hall–Kier alpha value is -0.610. The highest BCUT2D eigenvalue weighted by Crippen LogP contribution is 2.17. The van der Waals surface area contributed by atoms with Crippen LogP contribution in [0.5, 0.6) is 0 Å². The van der Waals surface area contributed by atoms with Crippen LogP contribution in [0.25, 0.3) is 0 Å². The van der Waals surface area contributed by atoms with Crippen LogP contribution in [-0.2, 0) is 6.42 Å². The molecule has 2 unspecified atom stereocenters. The topological polar surface area (TPSA) is 12.0 Å². The molecule has 0 aromatic heterocycles. The van der Waals surface area contributed by atoms with Gasteiger partial charge in [0.1, 0.15) is 0 Å². The van der Waals surface area contributed by atoms with Crippen LogP contribution in [0.1, 0.15) is 39.2 Å². The van der Waals surface area contributed by atoms with Gasteiger partial charge < -0.3 is 5.32 Å². The van der Waals surface area contributed by atoms with Crippen molar-refractivity contribution >= 4 is 11.8 Å². The van der Waals surface area contributed by atoms with E-state index in [0.717, 1.165) is 37.1 Å². The summed E-state index contributed by atoms with van der Waals surface area (Å²) >= 11 is 1.93. The Labute approximate surface area is 125 Å². The predicted molar refractivity (Wildman–Crippen MR) is 84.4 cm³/mol. The van der Waals surface area contributed by atoms with Gasteiger partial charge in [0, 0.05) is 17.0 Å². The number of nitrogens with one attached hydrogen (secondary N) is 1. The maximum Gasteiger partial charge on any atom is 0.159 e. The molecule has 0 amide bonds. The summed E-state index contributed by atoms with van der Waals surface area (Å²) in [5.74, 6) is -0.541. The zero-order valence-corrected chi connectivity index (χ0v) is 13.4. The summed E-state index contributed by atoms with van der Waals surface area (Å²) in [6, 6.07) is 4.50. The molecule has 0 heterocycles. The van der Waals surface area contributed by atoms with Crippen molar-refractivity contribution in [1.29, 1.82) is 0 Å². The van der Waals surface area contributed by atoms with E-state index in [1.807, 2.05) is 11.8 Å². The van der Waals surface area contributed by atoms with Crippen molar-refractivity contribution in [1.82, 2.24) is 5.32 Å². The minimum atomic E-state index is -0.777. The van der Waals surface area contributed by atoms with Crippen LogP contribution in [-0.4, -0.2) is 23.6 Å². The monoisotopic (exact) mass is 301 g/mol. The van der Waals surface area contributed by atoms with Crippen molar-refractivity contribution in [2.45, 2.75) is 51.3 Å². The first-order valence-corrected chi connectivity index (χ1v) is 8.40. The van der Waals surface area contributed by atoms with E-state index in [1.54, 1.807) is 6.07 Å². The molecule has 0 spiro atoms. The normalized spacial score (nSPS) is 14.2. The third-order valence-electron chi connectivity index (χ3n) is 3.31. The number of benzene rings is 1. The van der Waals surface area contributed by atoms with Crippen molar-refractivity contribution in [2.24, 2.45) is 0 Å². The molecule has 0 fully saturated rings. The lowest BCUT2D eigenvalue weighted by Gasteiger charge is -2.20. The fourth-order valence-electron chi connectivity index (χ4n) is 1.89. The molecule has 1 aromatic rings. The molecule has 1 rings (SSSR count). The van der Waals surface area contributed by atoms with E-state index in [1.165, 1.54) is 12.1 Å². The Kier molecular flexibility index (Phi) is 8.15. The van der Waals surface area contributed by atoms with Gasteiger partial charge in [-0.15, -0.1) is 0 Å². The van der Waals surface area contributed by atoms with Crippen molar-refractivity contribution in [3.05, 3.63) is 35.4 Å². The molecule has 0 radical (unpaired) electrons. The highest BCUT2D eigenvalue weighted by Gasteiger charge is 2.12. The van der Waals surface area contributed by atoms with Gasteiger partial charge in [-0.2, -0.15) is 11.8 Å². The first-order chi connectivity index (χ1) is 9.56. The molecule has 0 aliphatic heterocycles. The number of hydrogen-bond acceptors (Lipinski definition) is 2. The average Bonchev–Trinajstić information content (AvgIpc) is 2.45. The van der Waals surface area contributed by atoms with Crippen molar-refractivity contribution in [2.75, 3.05) is 12.3 Å². The molecule has 1 N–H and O–H groups in total. The number of thioether (sulfide) groups is 1. The van der Waals surface area contributed by atoms with Crippen LogP contribution in [0.3, 0.4) is 0 Å². The van der Waals surface area contributed by atoms with E-state index in [2.05, 4.69) is 26.1 Å². The Morgan fingerprint density at radius 2 is 1.95 bits per heavy atom. The Bertz CT molecular complexity index is 398. The summed E-state index contributed by atoms with van der Waals surface area (Å²) in [4.78, 5) is 0. The average molecular weight is 301 g/mol. The fourth-order valence-corrected chi connectivity index (χ4v) is 2.92. The largest absolute Gasteiger partial charge is 0.313 e. The van der Waals surface area contributed by atoms with Crippen LogP contribution < -0.4 is 5.32 Å². The quantitative estimate of drug-likeness (QED) is 0.725. The van der Waals surface area contributed by atoms with E-state index < -0.39 is 11.6 Å². The van der Waals surface area contributed by atoms with E-state index in [-0.39, 0.29) is 0 Å². The van der Waals surface area contributed by atoms with E-state index in [0.29, 0.717) is 11.3 Å². The molecule has 0 bridgehead atoms. The maximum absolute atomic E-state index is 13.2. The SMILES string of the molecule is CCCNC(CSC(C)CC)Cc1ccc(F)c(F)c1. The van der Waals surface area contributed by atoms with Gasteiger partial charge in [-0.3, -0.25) is 0 Å². The number of hydrogen-bond donors (Lipinski definition) is 1. The van der Waals surface area contributed by atoms with E-state index >= 15 is 0 Å². The molecular weight excluding hydrogens is 276 g/mol. The third kappa shape index (κ3) is 6.23. The maximum atomic E-state index is 13.2. The lowest BCUT2D eigenvalue weighted by Crippen LogP contribution is -2.34. The summed E-state index contributed by atoms with van der Waals surface area (Å²) in [6.07, 6.45) is 2.96. The Morgan fingerprint density at radius 3 is 2.55 bits per heavy atom. The summed E-state index contributed by atoms with van der Waals surface area (Å²) in [5.41, 5.74) is 0.849. The second-order valence-electron chi connectivity index (χ2n) is 5.16. The predicted octanol–water partition coefficient (Wildman–Crippen LogP) is 4.41. The van der Waals surface area contributed by atoms with Gasteiger partial charge in [-0.1, -0.05) is 26.8 Å². The second-order valence-corrected chi connectivity index (χ2v) is 6.63. The zero-order valence-electron chi connectivity index (χ0n) is 12.6. The van der Waals surface area contributed by atoms with Gasteiger partial charge in [-0.05, 0) is 43.5 Å². The van der Waals surface area contributed by atoms with Crippen LogP contribution in [0.2, 0.25) is 0 Å². The summed E-state index contributed by atoms with van der Waals surface area (Å²) in [6.45, 7) is 7.49.